The van der Waals surface area contributed by atoms with Crippen LogP contribution in [0.5, 0.6) is 23.0 Å². The minimum atomic E-state index is -1.23. The van der Waals surface area contributed by atoms with Crippen LogP contribution < -0.4 is 18.9 Å². The van der Waals surface area contributed by atoms with Gasteiger partial charge in [0.25, 0.3) is 0 Å². The van der Waals surface area contributed by atoms with Crippen molar-refractivity contribution >= 4 is 23.9 Å². The highest BCUT2D eigenvalue weighted by molar-refractivity contribution is 5.92. The van der Waals surface area contributed by atoms with Crippen molar-refractivity contribution in [2.75, 3.05) is 26.4 Å². The first-order chi connectivity index (χ1) is 24.6. The van der Waals surface area contributed by atoms with E-state index in [-0.39, 0.29) is 11.1 Å². The van der Waals surface area contributed by atoms with Gasteiger partial charge in [-0.25, -0.2) is 28.0 Å². The molecule has 3 aromatic carbocycles. The molecule has 0 heterocycles. The number of unbranched alkanes of at least 4 members (excludes halogenated alkanes) is 6. The van der Waals surface area contributed by atoms with Gasteiger partial charge in [0.1, 0.15) is 17.2 Å². The molecule has 0 spiro atoms. The van der Waals surface area contributed by atoms with Crippen molar-refractivity contribution in [3.8, 4) is 23.0 Å². The maximum atomic E-state index is 14.8. The second kappa shape index (κ2) is 21.5. The minimum Gasteiger partial charge on any atom is -0.494 e. The Kier molecular flexibility index (Phi) is 16.9. The van der Waals surface area contributed by atoms with E-state index in [1.54, 1.807) is 31.2 Å². The highest BCUT2D eigenvalue weighted by Gasteiger charge is 2.20. The van der Waals surface area contributed by atoms with E-state index in [9.17, 15) is 28.0 Å². The van der Waals surface area contributed by atoms with Gasteiger partial charge in [0, 0.05) is 23.8 Å². The third-order valence-corrected chi connectivity index (χ3v) is 7.16. The average molecular weight is 709 g/mol. The highest BCUT2D eigenvalue weighted by Crippen LogP contribution is 2.29. The fourth-order valence-corrected chi connectivity index (χ4v) is 4.40. The number of hydrogen-bond acceptors (Lipinski definition) is 10. The van der Waals surface area contributed by atoms with E-state index in [0.717, 1.165) is 69.6 Å². The number of esters is 4. The lowest BCUT2D eigenvalue weighted by atomic mass is 10.2. The van der Waals surface area contributed by atoms with Gasteiger partial charge in [-0.05, 0) is 107 Å². The number of carbonyl (C=O) groups excluding carboxylic acids is 4. The lowest BCUT2D eigenvalue weighted by molar-refractivity contribution is -0.139. The number of benzene rings is 3. The van der Waals surface area contributed by atoms with Crippen LogP contribution in [0.15, 0.2) is 85.5 Å². The second-order valence-electron chi connectivity index (χ2n) is 11.4. The zero-order valence-corrected chi connectivity index (χ0v) is 28.6. The molecular weight excluding hydrogens is 666 g/mol. The van der Waals surface area contributed by atoms with Crippen LogP contribution in [-0.4, -0.2) is 50.3 Å². The van der Waals surface area contributed by atoms with Gasteiger partial charge in [0.15, 0.2) is 11.6 Å². The average Bonchev–Trinajstić information content (AvgIpc) is 3.12. The van der Waals surface area contributed by atoms with Gasteiger partial charge >= 0.3 is 23.9 Å². The molecule has 0 amide bonds. The molecule has 0 aliphatic rings. The first-order valence-corrected chi connectivity index (χ1v) is 16.6. The summed E-state index contributed by atoms with van der Waals surface area (Å²) in [6, 6.07) is 13.5. The fourth-order valence-electron chi connectivity index (χ4n) is 4.40. The largest absolute Gasteiger partial charge is 0.494 e. The molecule has 3 rings (SSSR count). The number of hydrogen-bond donors (Lipinski definition) is 0. The maximum absolute atomic E-state index is 14.8. The van der Waals surface area contributed by atoms with Crippen molar-refractivity contribution in [1.29, 1.82) is 0 Å². The summed E-state index contributed by atoms with van der Waals surface area (Å²) in [7, 11) is 0. The van der Waals surface area contributed by atoms with Gasteiger partial charge in [0.2, 0.25) is 5.75 Å². The summed E-state index contributed by atoms with van der Waals surface area (Å²) >= 11 is 0. The van der Waals surface area contributed by atoms with Crippen molar-refractivity contribution in [1.82, 2.24) is 0 Å². The lowest BCUT2D eigenvalue weighted by Crippen LogP contribution is -2.12. The molecule has 0 unspecified atom stereocenters. The first kappa shape index (κ1) is 39.9. The molecule has 0 fully saturated rings. The molecule has 0 bridgehead atoms. The van der Waals surface area contributed by atoms with E-state index in [0.29, 0.717) is 43.5 Å². The van der Waals surface area contributed by atoms with Crippen LogP contribution in [-0.2, 0) is 19.1 Å². The molecule has 0 radical (unpaired) electrons. The molecule has 0 aromatic heterocycles. The van der Waals surface area contributed by atoms with E-state index in [1.807, 2.05) is 0 Å². The molecule has 10 nitrogen and oxygen atoms in total. The van der Waals surface area contributed by atoms with Crippen LogP contribution in [0.3, 0.4) is 0 Å². The van der Waals surface area contributed by atoms with E-state index >= 15 is 0 Å². The molecule has 51 heavy (non-hydrogen) atoms. The van der Waals surface area contributed by atoms with Crippen LogP contribution in [0.25, 0.3) is 0 Å². The zero-order chi connectivity index (χ0) is 37.0. The fraction of sp³-hybridized carbons (Fsp3) is 0.333. The molecule has 12 heteroatoms. The van der Waals surface area contributed by atoms with Gasteiger partial charge in [-0.3, -0.25) is 0 Å². The Hall–Kier alpha value is -5.52. The normalized spacial score (nSPS) is 10.5. The lowest BCUT2D eigenvalue weighted by Gasteiger charge is -2.11. The van der Waals surface area contributed by atoms with Crippen molar-refractivity contribution < 1.29 is 56.4 Å². The summed E-state index contributed by atoms with van der Waals surface area (Å²) in [5, 5.41) is 0. The Morgan fingerprint density at radius 2 is 1.04 bits per heavy atom. The predicted octanol–water partition coefficient (Wildman–Crippen LogP) is 8.13. The van der Waals surface area contributed by atoms with Crippen LogP contribution in [0.4, 0.5) is 8.78 Å². The molecule has 0 atom stereocenters. The van der Waals surface area contributed by atoms with E-state index in [2.05, 4.69) is 13.2 Å². The third-order valence-electron chi connectivity index (χ3n) is 7.16. The SMILES string of the molecule is C=CC(=O)OCCCCCCOc1ccc(C(=O)Oc2cc(F)c(OC(=O)c3ccc(OCCCCCCOC(=O)C(=C)C)cc3)c(F)c2)cc1. The quantitative estimate of drug-likeness (QED) is 0.0437. The summed E-state index contributed by atoms with van der Waals surface area (Å²) in [5.74, 6) is -5.48. The summed E-state index contributed by atoms with van der Waals surface area (Å²) in [6.07, 6.45) is 7.64. The Labute approximate surface area is 295 Å². The Morgan fingerprint density at radius 1 is 0.608 bits per heavy atom. The number of ether oxygens (including phenoxy) is 6. The van der Waals surface area contributed by atoms with E-state index in [4.69, 9.17) is 28.4 Å². The Balaban J connectivity index is 1.39. The molecule has 272 valence electrons. The zero-order valence-electron chi connectivity index (χ0n) is 28.6. The first-order valence-electron chi connectivity index (χ1n) is 16.6. The number of carbonyl (C=O) groups is 4. The van der Waals surface area contributed by atoms with Crippen molar-refractivity contribution in [2.24, 2.45) is 0 Å². The standard InChI is InChI=1S/C39H42F2O10/c1-4-35(42)48-23-11-7-5-9-21-46-30-17-13-28(14-18-30)38(44)50-32-25-33(40)36(34(41)26-32)51-39(45)29-15-19-31(20-16-29)47-22-10-6-8-12-24-49-37(43)27(2)3/h4,13-20,25-26H,1-2,5-12,21-24H2,3H3. The molecule has 0 saturated heterocycles. The van der Waals surface area contributed by atoms with Crippen molar-refractivity contribution in [3.05, 3.63) is 108 Å². The van der Waals surface area contributed by atoms with Crippen molar-refractivity contribution in [3.63, 3.8) is 0 Å². The number of rotatable bonds is 22. The van der Waals surface area contributed by atoms with Crippen LogP contribution in [0.2, 0.25) is 0 Å². The van der Waals surface area contributed by atoms with E-state index < -0.39 is 47.0 Å². The third kappa shape index (κ3) is 14.5. The molecule has 3 aromatic rings. The smallest absolute Gasteiger partial charge is 0.343 e. The number of halogens is 2. The minimum absolute atomic E-state index is 0.0390. The van der Waals surface area contributed by atoms with Gasteiger partial charge in [-0.15, -0.1) is 0 Å². The van der Waals surface area contributed by atoms with E-state index in [1.165, 1.54) is 24.3 Å². The molecule has 0 N–H and O–H groups in total. The molecule has 0 aliphatic carbocycles. The highest BCUT2D eigenvalue weighted by atomic mass is 19.1. The van der Waals surface area contributed by atoms with Gasteiger partial charge in [-0.2, -0.15) is 0 Å². The second-order valence-corrected chi connectivity index (χ2v) is 11.4. The summed E-state index contributed by atoms with van der Waals surface area (Å²) in [6.45, 7) is 10.0. The molecule has 0 saturated carbocycles. The van der Waals surface area contributed by atoms with Crippen LogP contribution >= 0.6 is 0 Å². The summed E-state index contributed by atoms with van der Waals surface area (Å²) < 4.78 is 61.0. The Morgan fingerprint density at radius 3 is 1.49 bits per heavy atom. The van der Waals surface area contributed by atoms with Crippen molar-refractivity contribution in [2.45, 2.75) is 58.3 Å². The Bertz CT molecular complexity index is 1610. The maximum Gasteiger partial charge on any atom is 0.343 e. The molecular formula is C39H42F2O10. The van der Waals surface area contributed by atoms with Gasteiger partial charge in [0.05, 0.1) is 37.6 Å². The topological polar surface area (TPSA) is 124 Å². The van der Waals surface area contributed by atoms with Gasteiger partial charge < -0.3 is 28.4 Å². The van der Waals surface area contributed by atoms with Gasteiger partial charge in [-0.1, -0.05) is 13.2 Å². The predicted molar refractivity (Wildman–Crippen MR) is 184 cm³/mol. The summed E-state index contributed by atoms with van der Waals surface area (Å²) in [5.41, 5.74) is 0.530. The summed E-state index contributed by atoms with van der Waals surface area (Å²) in [4.78, 5) is 47.5. The van der Waals surface area contributed by atoms with Crippen LogP contribution in [0, 0.1) is 11.6 Å². The van der Waals surface area contributed by atoms with Crippen LogP contribution in [0.1, 0.15) is 79.0 Å². The molecule has 0 aliphatic heterocycles. The monoisotopic (exact) mass is 708 g/mol.